The largest absolute Gasteiger partial charge is 0.338 e. The maximum atomic E-state index is 11.9. The number of urea groups is 1. The molecule has 2 fully saturated rings. The van der Waals surface area contributed by atoms with Gasteiger partial charge < -0.3 is 20.0 Å². The topological polar surface area (TPSA) is 38.8 Å². The predicted octanol–water partition coefficient (Wildman–Crippen LogP) is 1.16. The smallest absolute Gasteiger partial charge is 0.317 e. The van der Waals surface area contributed by atoms with E-state index in [9.17, 15) is 4.79 Å². The van der Waals surface area contributed by atoms with E-state index in [2.05, 4.69) is 22.0 Å². The zero-order chi connectivity index (χ0) is 14.9. The summed E-state index contributed by atoms with van der Waals surface area (Å²) >= 11 is 1.93. The van der Waals surface area contributed by atoms with Gasteiger partial charge in [-0.1, -0.05) is 6.92 Å². The van der Waals surface area contributed by atoms with E-state index < -0.39 is 0 Å². The van der Waals surface area contributed by atoms with Crippen molar-refractivity contribution < 1.29 is 4.79 Å². The van der Waals surface area contributed by atoms with Crippen LogP contribution >= 0.6 is 11.8 Å². The second kappa shape index (κ2) is 9.54. The van der Waals surface area contributed by atoms with Crippen LogP contribution in [0.4, 0.5) is 4.79 Å². The molecule has 0 unspecified atom stereocenters. The van der Waals surface area contributed by atoms with Crippen molar-refractivity contribution in [2.45, 2.75) is 19.8 Å². The van der Waals surface area contributed by atoms with Crippen molar-refractivity contribution in [3.63, 3.8) is 0 Å². The number of amides is 2. The van der Waals surface area contributed by atoms with Crippen LogP contribution in [-0.2, 0) is 0 Å². The number of rotatable bonds is 6. The van der Waals surface area contributed by atoms with Gasteiger partial charge in [0, 0.05) is 57.3 Å². The quantitative estimate of drug-likeness (QED) is 0.747. The Balaban J connectivity index is 1.47. The number of likely N-dealkylation sites (N-methyl/N-ethyl adjacent to an activating group) is 1. The van der Waals surface area contributed by atoms with Gasteiger partial charge in [-0.25, -0.2) is 4.79 Å². The molecule has 2 rings (SSSR count). The van der Waals surface area contributed by atoms with Crippen molar-refractivity contribution in [3.05, 3.63) is 0 Å². The molecule has 0 aliphatic carbocycles. The number of unbranched alkanes of at least 4 members (excludes halogenated alkanes) is 1. The first kappa shape index (κ1) is 16.9. The Morgan fingerprint density at radius 1 is 1.00 bits per heavy atom. The lowest BCUT2D eigenvalue weighted by Gasteiger charge is -2.34. The Kier molecular flexibility index (Phi) is 7.68. The van der Waals surface area contributed by atoms with Gasteiger partial charge in [-0.15, -0.1) is 0 Å². The average Bonchev–Trinajstić information content (AvgIpc) is 2.55. The summed E-state index contributed by atoms with van der Waals surface area (Å²) in [6, 6.07) is 0.131. The third-order valence-electron chi connectivity index (χ3n) is 4.39. The molecule has 0 spiro atoms. The summed E-state index contributed by atoms with van der Waals surface area (Å²) < 4.78 is 0. The van der Waals surface area contributed by atoms with Crippen LogP contribution in [0.1, 0.15) is 19.8 Å². The highest BCUT2D eigenvalue weighted by Gasteiger charge is 2.16. The molecule has 0 radical (unpaired) electrons. The minimum atomic E-state index is 0.131. The standard InChI is InChI=1S/C15H30N4OS/c1-2-17-7-9-18(10-8-17)6-4-3-5-16-15(20)19-11-13-21-14-12-19/h2-14H2,1H3,(H,16,20). The average molecular weight is 314 g/mol. The molecule has 2 saturated heterocycles. The molecule has 1 N–H and O–H groups in total. The van der Waals surface area contributed by atoms with Gasteiger partial charge >= 0.3 is 6.03 Å². The summed E-state index contributed by atoms with van der Waals surface area (Å²) in [5.41, 5.74) is 0. The van der Waals surface area contributed by atoms with Crippen molar-refractivity contribution in [2.75, 3.05) is 70.4 Å². The maximum absolute atomic E-state index is 11.9. The fourth-order valence-corrected chi connectivity index (χ4v) is 3.77. The van der Waals surface area contributed by atoms with Gasteiger partial charge in [-0.3, -0.25) is 0 Å². The fourth-order valence-electron chi connectivity index (χ4n) is 2.86. The molecule has 6 heteroatoms. The van der Waals surface area contributed by atoms with Crippen LogP contribution in [-0.4, -0.2) is 91.1 Å². The molecule has 5 nitrogen and oxygen atoms in total. The lowest BCUT2D eigenvalue weighted by atomic mass is 10.2. The summed E-state index contributed by atoms with van der Waals surface area (Å²) in [5.74, 6) is 2.16. The van der Waals surface area contributed by atoms with Gasteiger partial charge in [0.25, 0.3) is 0 Å². The van der Waals surface area contributed by atoms with E-state index in [0.29, 0.717) is 0 Å². The number of hydrogen-bond acceptors (Lipinski definition) is 4. The van der Waals surface area contributed by atoms with Crippen molar-refractivity contribution >= 4 is 17.8 Å². The van der Waals surface area contributed by atoms with Crippen LogP contribution in [0.25, 0.3) is 0 Å². The lowest BCUT2D eigenvalue weighted by molar-refractivity contribution is 0.135. The van der Waals surface area contributed by atoms with Crippen LogP contribution in [0.2, 0.25) is 0 Å². The van der Waals surface area contributed by atoms with Crippen LogP contribution in [0, 0.1) is 0 Å². The normalized spacial score (nSPS) is 21.5. The molecule has 122 valence electrons. The van der Waals surface area contributed by atoms with E-state index >= 15 is 0 Å². The Morgan fingerprint density at radius 2 is 1.67 bits per heavy atom. The van der Waals surface area contributed by atoms with Gasteiger partial charge in [0.2, 0.25) is 0 Å². The second-order valence-corrected chi connectivity index (χ2v) is 7.04. The molecule has 0 saturated carbocycles. The predicted molar refractivity (Wildman–Crippen MR) is 90.1 cm³/mol. The summed E-state index contributed by atoms with van der Waals surface area (Å²) in [6.45, 7) is 12.0. The molecule has 2 aliphatic heterocycles. The highest BCUT2D eigenvalue weighted by molar-refractivity contribution is 7.99. The summed E-state index contributed by atoms with van der Waals surface area (Å²) in [7, 11) is 0. The zero-order valence-electron chi connectivity index (χ0n) is 13.4. The Morgan fingerprint density at radius 3 is 2.33 bits per heavy atom. The van der Waals surface area contributed by atoms with E-state index in [1.807, 2.05) is 16.7 Å². The van der Waals surface area contributed by atoms with Crippen molar-refractivity contribution in [3.8, 4) is 0 Å². The molecular weight excluding hydrogens is 284 g/mol. The van der Waals surface area contributed by atoms with E-state index in [1.165, 1.54) is 45.7 Å². The summed E-state index contributed by atoms with van der Waals surface area (Å²) in [6.07, 6.45) is 2.27. The van der Waals surface area contributed by atoms with Crippen molar-refractivity contribution in [1.29, 1.82) is 0 Å². The molecule has 2 amide bonds. The van der Waals surface area contributed by atoms with Gasteiger partial charge in [-0.05, 0) is 25.9 Å². The number of piperazine rings is 1. The Labute approximate surface area is 133 Å². The third-order valence-corrected chi connectivity index (χ3v) is 5.33. The Bertz CT molecular complexity index is 302. The summed E-state index contributed by atoms with van der Waals surface area (Å²) in [5, 5.41) is 3.06. The van der Waals surface area contributed by atoms with Crippen LogP contribution in [0.5, 0.6) is 0 Å². The van der Waals surface area contributed by atoms with Gasteiger partial charge in [0.05, 0.1) is 0 Å². The van der Waals surface area contributed by atoms with E-state index in [-0.39, 0.29) is 6.03 Å². The van der Waals surface area contributed by atoms with Gasteiger partial charge in [0.1, 0.15) is 0 Å². The molecule has 0 aromatic heterocycles. The van der Waals surface area contributed by atoms with Crippen molar-refractivity contribution in [1.82, 2.24) is 20.0 Å². The number of nitrogens with one attached hydrogen (secondary N) is 1. The van der Waals surface area contributed by atoms with Gasteiger partial charge in [0.15, 0.2) is 0 Å². The molecule has 0 aromatic carbocycles. The second-order valence-electron chi connectivity index (χ2n) is 5.81. The molecule has 21 heavy (non-hydrogen) atoms. The number of carbonyl (C=O) groups is 1. The van der Waals surface area contributed by atoms with Crippen LogP contribution in [0.15, 0.2) is 0 Å². The molecular formula is C15H30N4OS. The Hall–Kier alpha value is -0.460. The summed E-state index contributed by atoms with van der Waals surface area (Å²) in [4.78, 5) is 18.9. The minimum absolute atomic E-state index is 0.131. The van der Waals surface area contributed by atoms with Gasteiger partial charge in [-0.2, -0.15) is 11.8 Å². The minimum Gasteiger partial charge on any atom is -0.338 e. The number of thioether (sulfide) groups is 1. The molecule has 0 bridgehead atoms. The van der Waals surface area contributed by atoms with E-state index in [4.69, 9.17) is 0 Å². The maximum Gasteiger partial charge on any atom is 0.317 e. The highest BCUT2D eigenvalue weighted by Crippen LogP contribution is 2.09. The zero-order valence-corrected chi connectivity index (χ0v) is 14.2. The first-order valence-electron chi connectivity index (χ1n) is 8.35. The van der Waals surface area contributed by atoms with Crippen LogP contribution < -0.4 is 5.32 Å². The SMILES string of the molecule is CCN1CCN(CCCCNC(=O)N2CCSCC2)CC1. The molecule has 0 atom stereocenters. The van der Waals surface area contributed by atoms with E-state index in [1.54, 1.807) is 0 Å². The third kappa shape index (κ3) is 6.04. The van der Waals surface area contributed by atoms with Crippen molar-refractivity contribution in [2.24, 2.45) is 0 Å². The highest BCUT2D eigenvalue weighted by atomic mass is 32.2. The molecule has 2 aliphatic rings. The monoisotopic (exact) mass is 314 g/mol. The van der Waals surface area contributed by atoms with Crippen LogP contribution in [0.3, 0.4) is 0 Å². The number of nitrogens with zero attached hydrogens (tertiary/aromatic N) is 3. The number of carbonyl (C=O) groups excluding carboxylic acids is 1. The molecule has 2 heterocycles. The first-order chi connectivity index (χ1) is 10.3. The molecule has 0 aromatic rings. The first-order valence-corrected chi connectivity index (χ1v) is 9.50. The lowest BCUT2D eigenvalue weighted by Crippen LogP contribution is -2.46. The van der Waals surface area contributed by atoms with E-state index in [0.717, 1.165) is 37.6 Å². The fraction of sp³-hybridized carbons (Fsp3) is 0.933. The number of hydrogen-bond donors (Lipinski definition) is 1.